The summed E-state index contributed by atoms with van der Waals surface area (Å²) in [5.41, 5.74) is 1.23. The molecule has 136 valence electrons. The van der Waals surface area contributed by atoms with Gasteiger partial charge in [0, 0.05) is 6.07 Å². The molecule has 3 aromatic rings. The van der Waals surface area contributed by atoms with Crippen LogP contribution in [-0.4, -0.2) is 59.2 Å². The fraction of sp³-hybridized carbons (Fsp3) is 0.353. The molecule has 0 aliphatic carbocycles. The van der Waals surface area contributed by atoms with Crippen LogP contribution in [0.4, 0.5) is 0 Å². The molecule has 0 saturated carbocycles. The maximum atomic E-state index is 11.8. The predicted molar refractivity (Wildman–Crippen MR) is 92.1 cm³/mol. The fourth-order valence-electron chi connectivity index (χ4n) is 2.66. The molecule has 4 rings (SSSR count). The van der Waals surface area contributed by atoms with Crippen molar-refractivity contribution in [3.63, 3.8) is 0 Å². The van der Waals surface area contributed by atoms with Crippen molar-refractivity contribution < 1.29 is 18.9 Å². The Morgan fingerprint density at radius 2 is 1.65 bits per heavy atom. The lowest BCUT2D eigenvalue weighted by Gasteiger charge is -2.16. The maximum Gasteiger partial charge on any atom is 0.278 e. The molecule has 0 atom stereocenters. The summed E-state index contributed by atoms with van der Waals surface area (Å²) in [6.45, 7) is 2.80. The molecule has 9 heteroatoms. The molecule has 0 unspecified atom stereocenters. The van der Waals surface area contributed by atoms with Gasteiger partial charge in [0.2, 0.25) is 0 Å². The highest BCUT2D eigenvalue weighted by atomic mass is 16.6. The number of aromatic nitrogens is 4. The van der Waals surface area contributed by atoms with Crippen LogP contribution in [0.15, 0.2) is 35.6 Å². The number of nitrogens with zero attached hydrogens (tertiary/aromatic N) is 3. The van der Waals surface area contributed by atoms with Crippen molar-refractivity contribution >= 4 is 11.2 Å². The fourth-order valence-corrected chi connectivity index (χ4v) is 2.66. The third-order valence-corrected chi connectivity index (χ3v) is 3.89. The van der Waals surface area contributed by atoms with E-state index < -0.39 is 0 Å². The average Bonchev–Trinajstić information content (AvgIpc) is 3.08. The van der Waals surface area contributed by atoms with Crippen molar-refractivity contribution in [1.82, 2.24) is 19.5 Å². The molecule has 0 radical (unpaired) electrons. The van der Waals surface area contributed by atoms with Crippen LogP contribution in [0.1, 0.15) is 0 Å². The number of nitrogens with one attached hydrogen (secondary N) is 1. The number of benzene rings is 1. The van der Waals surface area contributed by atoms with Crippen LogP contribution < -0.4 is 15.0 Å². The van der Waals surface area contributed by atoms with E-state index in [0.29, 0.717) is 56.8 Å². The highest BCUT2D eigenvalue weighted by Gasteiger charge is 2.13. The van der Waals surface area contributed by atoms with Crippen molar-refractivity contribution in [3.05, 3.63) is 41.2 Å². The topological polar surface area (TPSA) is 100 Å². The number of ether oxygens (including phenoxy) is 4. The predicted octanol–water partition coefficient (Wildman–Crippen LogP) is 0.913. The van der Waals surface area contributed by atoms with Crippen molar-refractivity contribution in [2.45, 2.75) is 0 Å². The number of aromatic amines is 1. The van der Waals surface area contributed by atoms with Crippen molar-refractivity contribution in [1.29, 1.82) is 0 Å². The number of fused-ring (bicyclic) bond motifs is 2. The van der Waals surface area contributed by atoms with Gasteiger partial charge in [-0.3, -0.25) is 9.36 Å². The number of hydrogen-bond donors (Lipinski definition) is 1. The second-order valence-electron chi connectivity index (χ2n) is 5.57. The van der Waals surface area contributed by atoms with Crippen LogP contribution in [0, 0.1) is 0 Å². The van der Waals surface area contributed by atoms with Crippen LogP contribution in [-0.2, 0) is 9.47 Å². The largest absolute Gasteiger partial charge is 0.487 e. The van der Waals surface area contributed by atoms with Gasteiger partial charge in [0.1, 0.15) is 19.5 Å². The van der Waals surface area contributed by atoms with Gasteiger partial charge in [-0.05, 0) is 12.1 Å². The summed E-state index contributed by atoms with van der Waals surface area (Å²) in [5.74, 6) is 1.20. The van der Waals surface area contributed by atoms with E-state index in [2.05, 4.69) is 15.0 Å². The summed E-state index contributed by atoms with van der Waals surface area (Å²) >= 11 is 0. The SMILES string of the molecule is O=c1[nH]cnc2c1ncn2-c1ccc2c(c1)OCCOCCOCCO2. The molecule has 1 aliphatic heterocycles. The third kappa shape index (κ3) is 3.39. The molecular formula is C17H18N4O5. The molecule has 9 nitrogen and oxygen atoms in total. The molecule has 3 heterocycles. The van der Waals surface area contributed by atoms with E-state index in [0.717, 1.165) is 5.69 Å². The first-order chi connectivity index (χ1) is 12.8. The smallest absolute Gasteiger partial charge is 0.278 e. The van der Waals surface area contributed by atoms with Gasteiger partial charge in [0.25, 0.3) is 5.56 Å². The lowest BCUT2D eigenvalue weighted by molar-refractivity contribution is 0.0223. The van der Waals surface area contributed by atoms with E-state index in [1.165, 1.54) is 6.33 Å². The summed E-state index contributed by atoms with van der Waals surface area (Å²) in [5, 5.41) is 0. The molecule has 0 bridgehead atoms. The van der Waals surface area contributed by atoms with Crippen molar-refractivity contribution in [2.75, 3.05) is 39.6 Å². The Morgan fingerprint density at radius 3 is 2.46 bits per heavy atom. The highest BCUT2D eigenvalue weighted by Crippen LogP contribution is 2.30. The van der Waals surface area contributed by atoms with Crippen molar-refractivity contribution in [3.8, 4) is 17.2 Å². The quantitative estimate of drug-likeness (QED) is 0.690. The van der Waals surface area contributed by atoms with Crippen LogP contribution in [0.2, 0.25) is 0 Å². The van der Waals surface area contributed by atoms with Gasteiger partial charge in [0.05, 0.1) is 38.4 Å². The zero-order valence-electron chi connectivity index (χ0n) is 14.0. The molecule has 2 aromatic heterocycles. The molecule has 1 N–H and O–H groups in total. The lowest BCUT2D eigenvalue weighted by Crippen LogP contribution is -2.16. The average molecular weight is 358 g/mol. The Bertz CT molecular complexity index is 952. The Hall–Kier alpha value is -2.91. The molecule has 0 fully saturated rings. The minimum absolute atomic E-state index is 0.281. The van der Waals surface area contributed by atoms with Crippen LogP contribution in [0.3, 0.4) is 0 Å². The molecule has 26 heavy (non-hydrogen) atoms. The van der Waals surface area contributed by atoms with Crippen LogP contribution in [0.5, 0.6) is 11.5 Å². The van der Waals surface area contributed by atoms with Gasteiger partial charge >= 0.3 is 0 Å². The van der Waals surface area contributed by atoms with Gasteiger partial charge in [-0.15, -0.1) is 0 Å². The Morgan fingerprint density at radius 1 is 0.923 bits per heavy atom. The van der Waals surface area contributed by atoms with E-state index in [9.17, 15) is 4.79 Å². The lowest BCUT2D eigenvalue weighted by atomic mass is 10.2. The molecule has 1 aromatic carbocycles. The molecule has 0 saturated heterocycles. The maximum absolute atomic E-state index is 11.8. The van der Waals surface area contributed by atoms with Gasteiger partial charge in [-0.25, -0.2) is 9.97 Å². The van der Waals surface area contributed by atoms with E-state index in [-0.39, 0.29) is 11.1 Å². The Kier molecular flexibility index (Phi) is 4.80. The van der Waals surface area contributed by atoms with Crippen LogP contribution >= 0.6 is 0 Å². The zero-order valence-corrected chi connectivity index (χ0v) is 14.0. The standard InChI is InChI=1S/C17H18N4O5/c22-17-15-16(18-10-19-17)21(11-20-15)12-1-2-13-14(9-12)26-8-6-24-4-3-23-5-7-25-13/h1-2,9-11H,3-8H2,(H,18,19,22). The first kappa shape index (κ1) is 16.6. The molecule has 0 amide bonds. The summed E-state index contributed by atoms with van der Waals surface area (Å²) in [7, 11) is 0. The second kappa shape index (κ2) is 7.54. The zero-order chi connectivity index (χ0) is 17.8. The summed E-state index contributed by atoms with van der Waals surface area (Å²) < 4.78 is 24.2. The number of hydrogen-bond acceptors (Lipinski definition) is 7. The summed E-state index contributed by atoms with van der Waals surface area (Å²) in [6, 6.07) is 5.50. The monoisotopic (exact) mass is 358 g/mol. The first-order valence-corrected chi connectivity index (χ1v) is 8.29. The van der Waals surface area contributed by atoms with E-state index in [4.69, 9.17) is 18.9 Å². The van der Waals surface area contributed by atoms with Gasteiger partial charge < -0.3 is 23.9 Å². The minimum Gasteiger partial charge on any atom is -0.487 e. The van der Waals surface area contributed by atoms with E-state index in [1.54, 1.807) is 10.9 Å². The third-order valence-electron chi connectivity index (χ3n) is 3.89. The Balaban J connectivity index is 1.68. The number of H-pyrrole nitrogens is 1. The van der Waals surface area contributed by atoms with Crippen molar-refractivity contribution in [2.24, 2.45) is 0 Å². The highest BCUT2D eigenvalue weighted by molar-refractivity contribution is 5.71. The molecule has 1 aliphatic rings. The number of imidazole rings is 1. The van der Waals surface area contributed by atoms with Gasteiger partial charge in [-0.1, -0.05) is 0 Å². The van der Waals surface area contributed by atoms with E-state index >= 15 is 0 Å². The second-order valence-corrected chi connectivity index (χ2v) is 5.57. The van der Waals surface area contributed by atoms with Crippen LogP contribution in [0.25, 0.3) is 16.9 Å². The first-order valence-electron chi connectivity index (χ1n) is 8.29. The summed E-state index contributed by atoms with van der Waals surface area (Å²) in [6.07, 6.45) is 2.91. The summed E-state index contributed by atoms with van der Waals surface area (Å²) in [4.78, 5) is 22.7. The van der Waals surface area contributed by atoms with Gasteiger partial charge in [0.15, 0.2) is 22.7 Å². The van der Waals surface area contributed by atoms with E-state index in [1.807, 2.05) is 18.2 Å². The molecule has 0 spiro atoms. The Labute approximate surface area is 148 Å². The van der Waals surface area contributed by atoms with Gasteiger partial charge in [-0.2, -0.15) is 0 Å². The minimum atomic E-state index is -0.281. The normalized spacial score (nSPS) is 16.0. The molecular weight excluding hydrogens is 340 g/mol. The number of rotatable bonds is 1.